The fourth-order valence-corrected chi connectivity index (χ4v) is 4.02. The molecule has 3 rings (SSSR count). The van der Waals surface area contributed by atoms with E-state index >= 15 is 0 Å². The average Bonchev–Trinajstić information content (AvgIpc) is 3.21. The SMILES string of the molecule is O=C(CCNS(=O)(=O)/C=C/c1ccccc1)OCc1csc(-c2ccccc2)n1. The Morgan fingerprint density at radius 1 is 1.07 bits per heavy atom. The predicted octanol–water partition coefficient (Wildman–Crippen LogP) is 3.83. The summed E-state index contributed by atoms with van der Waals surface area (Å²) in [5.74, 6) is -0.492. The topological polar surface area (TPSA) is 85.4 Å². The van der Waals surface area contributed by atoms with Gasteiger partial charge in [0, 0.05) is 22.9 Å². The Bertz CT molecular complexity index is 1060. The molecule has 0 aliphatic heterocycles. The standard InChI is InChI=1S/C21H20N2O4S2/c24-20(11-13-22-29(25,26)14-12-17-7-3-1-4-8-17)27-15-19-16-28-21(23-19)18-9-5-2-6-10-18/h1-10,12,14,16,22H,11,13,15H2/b14-12+. The summed E-state index contributed by atoms with van der Waals surface area (Å²) in [6, 6.07) is 18.8. The normalized spacial score (nSPS) is 11.6. The van der Waals surface area contributed by atoms with E-state index in [2.05, 4.69) is 9.71 Å². The maximum Gasteiger partial charge on any atom is 0.307 e. The summed E-state index contributed by atoms with van der Waals surface area (Å²) in [6.07, 6.45) is 1.43. The van der Waals surface area contributed by atoms with Gasteiger partial charge in [0.2, 0.25) is 10.0 Å². The van der Waals surface area contributed by atoms with Crippen molar-refractivity contribution in [2.75, 3.05) is 6.54 Å². The number of benzene rings is 2. The van der Waals surface area contributed by atoms with Gasteiger partial charge in [0.05, 0.1) is 12.1 Å². The van der Waals surface area contributed by atoms with Crippen LogP contribution in [0.4, 0.5) is 0 Å². The average molecular weight is 429 g/mol. The molecule has 0 saturated heterocycles. The van der Waals surface area contributed by atoms with Crippen LogP contribution in [0, 0.1) is 0 Å². The Kier molecular flexibility index (Phi) is 7.29. The van der Waals surface area contributed by atoms with Crippen LogP contribution >= 0.6 is 11.3 Å². The molecule has 0 spiro atoms. The molecule has 6 nitrogen and oxygen atoms in total. The van der Waals surface area contributed by atoms with Crippen molar-refractivity contribution >= 4 is 33.4 Å². The summed E-state index contributed by atoms with van der Waals surface area (Å²) in [7, 11) is -3.62. The van der Waals surface area contributed by atoms with Crippen LogP contribution in [0.5, 0.6) is 0 Å². The molecule has 29 heavy (non-hydrogen) atoms. The first kappa shape index (κ1) is 20.9. The van der Waals surface area contributed by atoms with Gasteiger partial charge in [-0.3, -0.25) is 4.79 Å². The number of rotatable bonds is 9. The minimum Gasteiger partial charge on any atom is -0.459 e. The minimum atomic E-state index is -3.62. The molecule has 8 heteroatoms. The molecule has 0 aliphatic carbocycles. The molecule has 0 fully saturated rings. The Labute approximate surface area is 173 Å². The fourth-order valence-electron chi connectivity index (χ4n) is 2.39. The molecule has 1 N–H and O–H groups in total. The van der Waals surface area contributed by atoms with Crippen molar-refractivity contribution in [3.63, 3.8) is 0 Å². The number of aromatic nitrogens is 1. The van der Waals surface area contributed by atoms with Crippen molar-refractivity contribution in [3.8, 4) is 10.6 Å². The monoisotopic (exact) mass is 428 g/mol. The zero-order valence-corrected chi connectivity index (χ0v) is 17.2. The van der Waals surface area contributed by atoms with Crippen LogP contribution in [-0.2, 0) is 26.2 Å². The van der Waals surface area contributed by atoms with Gasteiger partial charge in [-0.2, -0.15) is 0 Å². The van der Waals surface area contributed by atoms with E-state index in [1.54, 1.807) is 12.1 Å². The highest BCUT2D eigenvalue weighted by atomic mass is 32.2. The molecule has 0 saturated carbocycles. The van der Waals surface area contributed by atoms with Gasteiger partial charge in [-0.1, -0.05) is 60.7 Å². The lowest BCUT2D eigenvalue weighted by atomic mass is 10.2. The van der Waals surface area contributed by atoms with E-state index in [1.165, 1.54) is 17.4 Å². The summed E-state index contributed by atoms with van der Waals surface area (Å²) >= 11 is 1.48. The van der Waals surface area contributed by atoms with Crippen molar-refractivity contribution in [2.24, 2.45) is 0 Å². The van der Waals surface area contributed by atoms with Gasteiger partial charge in [-0.25, -0.2) is 18.1 Å². The van der Waals surface area contributed by atoms with Gasteiger partial charge in [0.25, 0.3) is 0 Å². The minimum absolute atomic E-state index is 0.0351. The number of thiazole rings is 1. The van der Waals surface area contributed by atoms with Crippen LogP contribution in [0.2, 0.25) is 0 Å². The van der Waals surface area contributed by atoms with E-state index in [9.17, 15) is 13.2 Å². The lowest BCUT2D eigenvalue weighted by Crippen LogP contribution is -2.24. The second-order valence-corrected chi connectivity index (χ2v) is 8.58. The molecule has 0 radical (unpaired) electrons. The molecule has 1 heterocycles. The van der Waals surface area contributed by atoms with Crippen molar-refractivity contribution in [3.05, 3.63) is 82.7 Å². The summed E-state index contributed by atoms with van der Waals surface area (Å²) in [4.78, 5) is 16.3. The van der Waals surface area contributed by atoms with Crippen molar-refractivity contribution in [2.45, 2.75) is 13.0 Å². The number of nitrogens with one attached hydrogen (secondary N) is 1. The Hall–Kier alpha value is -2.81. The van der Waals surface area contributed by atoms with Crippen LogP contribution < -0.4 is 4.72 Å². The van der Waals surface area contributed by atoms with E-state index in [0.29, 0.717) is 5.69 Å². The number of nitrogens with zero attached hydrogens (tertiary/aromatic N) is 1. The fraction of sp³-hybridized carbons (Fsp3) is 0.143. The lowest BCUT2D eigenvalue weighted by molar-refractivity contribution is -0.144. The molecule has 0 unspecified atom stereocenters. The third-order valence-electron chi connectivity index (χ3n) is 3.83. The van der Waals surface area contributed by atoms with Gasteiger partial charge < -0.3 is 4.74 Å². The van der Waals surface area contributed by atoms with Gasteiger partial charge in [0.15, 0.2) is 0 Å². The van der Waals surface area contributed by atoms with Crippen molar-refractivity contribution in [1.29, 1.82) is 0 Å². The summed E-state index contributed by atoms with van der Waals surface area (Å²) < 4.78 is 31.4. The van der Waals surface area contributed by atoms with Gasteiger partial charge in [-0.05, 0) is 11.6 Å². The smallest absolute Gasteiger partial charge is 0.307 e. The van der Waals surface area contributed by atoms with Crippen molar-refractivity contribution in [1.82, 2.24) is 9.71 Å². The maximum absolute atomic E-state index is 11.9. The third kappa shape index (κ3) is 6.94. The summed E-state index contributed by atoms with van der Waals surface area (Å²) in [6.45, 7) is 0.0233. The molecule has 0 aliphatic rings. The van der Waals surface area contributed by atoms with Gasteiger partial charge in [-0.15, -0.1) is 11.3 Å². The maximum atomic E-state index is 11.9. The van der Waals surface area contributed by atoms with E-state index < -0.39 is 16.0 Å². The number of hydrogen-bond acceptors (Lipinski definition) is 6. The molecule has 0 atom stereocenters. The number of ether oxygens (including phenoxy) is 1. The summed E-state index contributed by atoms with van der Waals surface area (Å²) in [5, 5.41) is 3.77. The highest BCUT2D eigenvalue weighted by Crippen LogP contribution is 2.23. The van der Waals surface area contributed by atoms with Crippen LogP contribution in [0.25, 0.3) is 16.6 Å². The Balaban J connectivity index is 1.41. The summed E-state index contributed by atoms with van der Waals surface area (Å²) in [5.41, 5.74) is 2.44. The van der Waals surface area contributed by atoms with Crippen LogP contribution in [0.1, 0.15) is 17.7 Å². The first-order valence-corrected chi connectivity index (χ1v) is 11.3. The second-order valence-electron chi connectivity index (χ2n) is 6.07. The largest absolute Gasteiger partial charge is 0.459 e. The molecule has 3 aromatic rings. The molecule has 1 aromatic heterocycles. The van der Waals surface area contributed by atoms with E-state index in [4.69, 9.17) is 4.74 Å². The van der Waals surface area contributed by atoms with E-state index in [1.807, 2.05) is 53.9 Å². The number of hydrogen-bond donors (Lipinski definition) is 1. The second kappa shape index (κ2) is 10.1. The van der Waals surface area contributed by atoms with Crippen LogP contribution in [0.15, 0.2) is 71.5 Å². The highest BCUT2D eigenvalue weighted by Gasteiger charge is 2.10. The number of carbonyl (C=O) groups is 1. The molecule has 0 amide bonds. The third-order valence-corrected chi connectivity index (χ3v) is 5.87. The quantitative estimate of drug-likeness (QED) is 0.524. The molecule has 2 aromatic carbocycles. The van der Waals surface area contributed by atoms with Crippen LogP contribution in [-0.4, -0.2) is 25.9 Å². The molecule has 150 valence electrons. The molecular formula is C21H20N2O4S2. The Morgan fingerprint density at radius 2 is 1.76 bits per heavy atom. The molecular weight excluding hydrogens is 408 g/mol. The number of esters is 1. The van der Waals surface area contributed by atoms with Gasteiger partial charge in [0.1, 0.15) is 11.6 Å². The zero-order chi connectivity index (χ0) is 20.5. The predicted molar refractivity (Wildman–Crippen MR) is 114 cm³/mol. The Morgan fingerprint density at radius 3 is 2.48 bits per heavy atom. The zero-order valence-electron chi connectivity index (χ0n) is 15.5. The van der Waals surface area contributed by atoms with Gasteiger partial charge >= 0.3 is 5.97 Å². The first-order chi connectivity index (χ1) is 14.0. The first-order valence-electron chi connectivity index (χ1n) is 8.90. The van der Waals surface area contributed by atoms with E-state index in [0.717, 1.165) is 21.5 Å². The molecule has 0 bridgehead atoms. The lowest BCUT2D eigenvalue weighted by Gasteiger charge is -2.04. The van der Waals surface area contributed by atoms with Crippen molar-refractivity contribution < 1.29 is 17.9 Å². The van der Waals surface area contributed by atoms with E-state index in [-0.39, 0.29) is 19.6 Å². The number of carbonyl (C=O) groups excluding carboxylic acids is 1. The van der Waals surface area contributed by atoms with Crippen LogP contribution in [0.3, 0.4) is 0 Å². The number of sulfonamides is 1. The highest BCUT2D eigenvalue weighted by molar-refractivity contribution is 7.92.